The van der Waals surface area contributed by atoms with Crippen molar-refractivity contribution in [3.63, 3.8) is 0 Å². The number of aryl methyl sites for hydroxylation is 1. The summed E-state index contributed by atoms with van der Waals surface area (Å²) < 4.78 is 5.35. The fourth-order valence-electron chi connectivity index (χ4n) is 2.27. The molecule has 25 heavy (non-hydrogen) atoms. The summed E-state index contributed by atoms with van der Waals surface area (Å²) in [6.07, 6.45) is 6.41. The minimum atomic E-state index is -0.340. The summed E-state index contributed by atoms with van der Waals surface area (Å²) in [6, 6.07) is 15.2. The van der Waals surface area contributed by atoms with Crippen LogP contribution in [-0.4, -0.2) is 18.7 Å². The van der Waals surface area contributed by atoms with Gasteiger partial charge in [-0.3, -0.25) is 4.79 Å². The van der Waals surface area contributed by atoms with E-state index in [0.717, 1.165) is 12.0 Å². The molecule has 0 spiro atoms. The molecule has 0 saturated carbocycles. The molecule has 0 aliphatic carbocycles. The van der Waals surface area contributed by atoms with Crippen molar-refractivity contribution in [2.75, 3.05) is 6.61 Å². The molecule has 0 unspecified atom stereocenters. The van der Waals surface area contributed by atoms with Crippen LogP contribution in [0.4, 0.5) is 0 Å². The smallest absolute Gasteiger partial charge is 0.277 e. The van der Waals surface area contributed by atoms with Crippen LogP contribution in [0, 0.1) is 0 Å². The Morgan fingerprint density at radius 2 is 1.92 bits per heavy atom. The van der Waals surface area contributed by atoms with E-state index >= 15 is 0 Å². The zero-order valence-corrected chi connectivity index (χ0v) is 15.1. The van der Waals surface area contributed by atoms with Crippen LogP contribution in [0.15, 0.2) is 53.6 Å². The number of hydrogen-bond acceptors (Lipinski definition) is 3. The first-order chi connectivity index (χ1) is 12.2. The summed E-state index contributed by atoms with van der Waals surface area (Å²) in [4.78, 5) is 11.7. The Morgan fingerprint density at radius 3 is 2.64 bits per heavy atom. The van der Waals surface area contributed by atoms with Gasteiger partial charge in [0.2, 0.25) is 0 Å². The highest BCUT2D eigenvalue weighted by Crippen LogP contribution is 2.22. The number of nitrogens with one attached hydrogen (secondary N) is 1. The number of carbonyl (C=O) groups is 1. The fraction of sp³-hybridized carbons (Fsp3) is 0.300. The Hall–Kier alpha value is -2.33. The number of carbonyl (C=O) groups excluding carboxylic acids is 1. The number of hydrazone groups is 1. The molecule has 0 atom stereocenters. The average Bonchev–Trinajstić information content (AvgIpc) is 2.62. The summed E-state index contributed by atoms with van der Waals surface area (Å²) in [5.74, 6) is 0.134. The summed E-state index contributed by atoms with van der Waals surface area (Å²) in [5.41, 5.74) is 4.70. The lowest BCUT2D eigenvalue weighted by Crippen LogP contribution is -2.24. The SMILES string of the molecule is CCCCCc1ccc(/C=N/NC(=O)COc2ccccc2Cl)cc1. The van der Waals surface area contributed by atoms with Crippen LogP contribution >= 0.6 is 11.6 Å². The lowest BCUT2D eigenvalue weighted by atomic mass is 10.1. The molecule has 0 saturated heterocycles. The lowest BCUT2D eigenvalue weighted by Gasteiger charge is -2.06. The molecular weight excluding hydrogens is 336 g/mol. The molecular formula is C20H23ClN2O2. The minimum Gasteiger partial charge on any atom is -0.482 e. The van der Waals surface area contributed by atoms with Crippen molar-refractivity contribution in [3.05, 3.63) is 64.7 Å². The van der Waals surface area contributed by atoms with Crippen molar-refractivity contribution in [2.45, 2.75) is 32.6 Å². The van der Waals surface area contributed by atoms with Crippen LogP contribution in [0.2, 0.25) is 5.02 Å². The molecule has 0 aliphatic heterocycles. The van der Waals surface area contributed by atoms with Crippen LogP contribution in [0.25, 0.3) is 0 Å². The summed E-state index contributed by atoms with van der Waals surface area (Å²) in [5, 5.41) is 4.41. The van der Waals surface area contributed by atoms with Crippen molar-refractivity contribution in [1.82, 2.24) is 5.43 Å². The topological polar surface area (TPSA) is 50.7 Å². The van der Waals surface area contributed by atoms with Gasteiger partial charge in [0.1, 0.15) is 5.75 Å². The number of nitrogens with zero attached hydrogens (tertiary/aromatic N) is 1. The van der Waals surface area contributed by atoms with Crippen molar-refractivity contribution < 1.29 is 9.53 Å². The number of hydrogen-bond donors (Lipinski definition) is 1. The third kappa shape index (κ3) is 6.98. The number of rotatable bonds is 9. The average molecular weight is 359 g/mol. The third-order valence-corrected chi connectivity index (χ3v) is 3.96. The van der Waals surface area contributed by atoms with Crippen molar-refractivity contribution in [3.8, 4) is 5.75 Å². The van der Waals surface area contributed by atoms with Gasteiger partial charge in [-0.1, -0.05) is 67.8 Å². The molecule has 0 aliphatic rings. The summed E-state index contributed by atoms with van der Waals surface area (Å²) in [6.45, 7) is 2.06. The van der Waals surface area contributed by atoms with E-state index in [9.17, 15) is 4.79 Å². The number of ether oxygens (including phenoxy) is 1. The van der Waals surface area contributed by atoms with Gasteiger partial charge in [-0.2, -0.15) is 5.10 Å². The second kappa shape index (κ2) is 10.5. The van der Waals surface area contributed by atoms with E-state index in [2.05, 4.69) is 29.6 Å². The van der Waals surface area contributed by atoms with Gasteiger partial charge in [0.05, 0.1) is 11.2 Å². The normalized spacial score (nSPS) is 10.8. The van der Waals surface area contributed by atoms with Crippen LogP contribution in [0.5, 0.6) is 5.75 Å². The van der Waals surface area contributed by atoms with Crippen molar-refractivity contribution in [2.24, 2.45) is 5.10 Å². The van der Waals surface area contributed by atoms with Crippen LogP contribution in [0.3, 0.4) is 0 Å². The number of unbranched alkanes of at least 4 members (excludes halogenated alkanes) is 2. The summed E-state index contributed by atoms with van der Waals surface area (Å²) >= 11 is 5.96. The molecule has 132 valence electrons. The van der Waals surface area contributed by atoms with E-state index in [-0.39, 0.29) is 12.5 Å². The molecule has 0 bridgehead atoms. The fourth-order valence-corrected chi connectivity index (χ4v) is 2.46. The Bertz CT molecular complexity index is 699. The monoisotopic (exact) mass is 358 g/mol. The summed E-state index contributed by atoms with van der Waals surface area (Å²) in [7, 11) is 0. The van der Waals surface area contributed by atoms with Gasteiger partial charge in [-0.05, 0) is 36.1 Å². The number of amides is 1. The van der Waals surface area contributed by atoms with Gasteiger partial charge in [-0.25, -0.2) is 5.43 Å². The largest absolute Gasteiger partial charge is 0.482 e. The molecule has 1 amide bonds. The van der Waals surface area contributed by atoms with Gasteiger partial charge in [-0.15, -0.1) is 0 Å². The maximum absolute atomic E-state index is 11.7. The van der Waals surface area contributed by atoms with Crippen molar-refractivity contribution in [1.29, 1.82) is 0 Å². The molecule has 2 aromatic rings. The second-order valence-corrected chi connectivity index (χ2v) is 6.12. The van der Waals surface area contributed by atoms with Gasteiger partial charge in [0.25, 0.3) is 5.91 Å². The van der Waals surface area contributed by atoms with Gasteiger partial charge >= 0.3 is 0 Å². The van der Waals surface area contributed by atoms with Crippen molar-refractivity contribution >= 4 is 23.7 Å². The highest BCUT2D eigenvalue weighted by Gasteiger charge is 2.04. The number of halogens is 1. The molecule has 5 heteroatoms. The molecule has 4 nitrogen and oxygen atoms in total. The predicted molar refractivity (Wildman–Crippen MR) is 102 cm³/mol. The molecule has 0 aromatic heterocycles. The molecule has 0 heterocycles. The van der Waals surface area contributed by atoms with Gasteiger partial charge in [0.15, 0.2) is 6.61 Å². The second-order valence-electron chi connectivity index (χ2n) is 5.71. The maximum atomic E-state index is 11.7. The van der Waals surface area contributed by atoms with E-state index in [1.54, 1.807) is 30.5 Å². The predicted octanol–water partition coefficient (Wildman–Crippen LogP) is 4.60. The lowest BCUT2D eigenvalue weighted by molar-refractivity contribution is -0.123. The highest BCUT2D eigenvalue weighted by molar-refractivity contribution is 6.32. The van der Waals surface area contributed by atoms with Gasteiger partial charge < -0.3 is 4.74 Å². The third-order valence-electron chi connectivity index (χ3n) is 3.65. The number of benzene rings is 2. The van der Waals surface area contributed by atoms with E-state index < -0.39 is 0 Å². The Morgan fingerprint density at radius 1 is 1.16 bits per heavy atom. The Kier molecular flexibility index (Phi) is 7.99. The van der Waals surface area contributed by atoms with E-state index in [0.29, 0.717) is 10.8 Å². The zero-order valence-electron chi connectivity index (χ0n) is 14.4. The molecule has 0 fully saturated rings. The zero-order chi connectivity index (χ0) is 17.9. The molecule has 2 aromatic carbocycles. The Balaban J connectivity index is 1.74. The standard InChI is InChI=1S/C20H23ClN2O2/c1-2-3-4-7-16-10-12-17(13-11-16)14-22-23-20(24)15-25-19-9-6-5-8-18(19)21/h5-6,8-14H,2-4,7,15H2,1H3,(H,23,24)/b22-14+. The van der Waals surface area contributed by atoms with Crippen LogP contribution in [0.1, 0.15) is 37.3 Å². The Labute approximate surface area is 153 Å². The van der Waals surface area contributed by atoms with Gasteiger partial charge in [0, 0.05) is 0 Å². The van der Waals surface area contributed by atoms with Crippen LogP contribution < -0.4 is 10.2 Å². The quantitative estimate of drug-likeness (QED) is 0.404. The highest BCUT2D eigenvalue weighted by atomic mass is 35.5. The first-order valence-electron chi connectivity index (χ1n) is 8.47. The van der Waals surface area contributed by atoms with Crippen LogP contribution in [-0.2, 0) is 11.2 Å². The van der Waals surface area contributed by atoms with E-state index in [1.807, 2.05) is 12.1 Å². The maximum Gasteiger partial charge on any atom is 0.277 e. The minimum absolute atomic E-state index is 0.141. The van der Waals surface area contributed by atoms with E-state index in [4.69, 9.17) is 16.3 Å². The first kappa shape index (κ1) is 19.0. The van der Waals surface area contributed by atoms with E-state index in [1.165, 1.54) is 24.8 Å². The molecule has 1 N–H and O–H groups in total. The molecule has 0 radical (unpaired) electrons. The number of para-hydroxylation sites is 1. The first-order valence-corrected chi connectivity index (χ1v) is 8.85. The molecule has 2 rings (SSSR count).